The molecule has 0 atom stereocenters. The Balaban J connectivity index is 1.72. The lowest BCUT2D eigenvalue weighted by Gasteiger charge is -2.04. The molecule has 6 nitrogen and oxygen atoms in total. The van der Waals surface area contributed by atoms with E-state index in [1.807, 2.05) is 0 Å². The highest BCUT2D eigenvalue weighted by atomic mass is 35.5. The van der Waals surface area contributed by atoms with Crippen LogP contribution in [0.5, 0.6) is 0 Å². The zero-order valence-corrected chi connectivity index (χ0v) is 13.7. The van der Waals surface area contributed by atoms with Gasteiger partial charge in [-0.05, 0) is 42.5 Å². The molecule has 0 spiro atoms. The lowest BCUT2D eigenvalue weighted by molar-refractivity contribution is 0.494. The molecule has 0 unspecified atom stereocenters. The molecule has 1 N–H and O–H groups in total. The van der Waals surface area contributed by atoms with Crippen molar-refractivity contribution < 1.29 is 17.2 Å². The minimum atomic E-state index is -3.75. The molecule has 9 heteroatoms. The fourth-order valence-corrected chi connectivity index (χ4v) is 3.18. The van der Waals surface area contributed by atoms with E-state index in [1.165, 1.54) is 42.5 Å². The molecule has 0 bridgehead atoms. The van der Waals surface area contributed by atoms with Crippen molar-refractivity contribution in [2.75, 3.05) is 0 Å². The molecular formula is C15H11ClFN3O3S. The van der Waals surface area contributed by atoms with Gasteiger partial charge in [0.15, 0.2) is 0 Å². The molecule has 1 heterocycles. The SMILES string of the molecule is O=S(=O)(NCc1nnc(-c2ccc(F)cc2)o1)c1cccc(Cl)c1. The number of nitrogens with zero attached hydrogens (tertiary/aromatic N) is 2. The van der Waals surface area contributed by atoms with E-state index in [0.29, 0.717) is 10.6 Å². The van der Waals surface area contributed by atoms with Gasteiger partial charge in [0.05, 0.1) is 11.4 Å². The standard InChI is InChI=1S/C15H11ClFN3O3S/c16-11-2-1-3-13(8-11)24(21,22)18-9-14-19-20-15(23-14)10-4-6-12(17)7-5-10/h1-8,18H,9H2. The number of benzene rings is 2. The maximum absolute atomic E-state index is 12.9. The first kappa shape index (κ1) is 16.6. The fourth-order valence-electron chi connectivity index (χ4n) is 1.91. The molecule has 0 aliphatic heterocycles. The van der Waals surface area contributed by atoms with Crippen LogP contribution in [0.2, 0.25) is 5.02 Å². The Kier molecular flexibility index (Phi) is 4.61. The molecule has 124 valence electrons. The van der Waals surface area contributed by atoms with Crippen molar-refractivity contribution in [1.29, 1.82) is 0 Å². The van der Waals surface area contributed by atoms with Crippen LogP contribution in [0.25, 0.3) is 11.5 Å². The summed E-state index contributed by atoms with van der Waals surface area (Å²) >= 11 is 5.79. The van der Waals surface area contributed by atoms with Crippen LogP contribution < -0.4 is 4.72 Å². The van der Waals surface area contributed by atoms with E-state index in [4.69, 9.17) is 16.0 Å². The molecule has 0 aliphatic carbocycles. The Bertz CT molecular complexity index is 958. The van der Waals surface area contributed by atoms with Crippen molar-refractivity contribution in [2.45, 2.75) is 11.4 Å². The first-order valence-electron chi connectivity index (χ1n) is 6.77. The van der Waals surface area contributed by atoms with Gasteiger partial charge in [0.25, 0.3) is 0 Å². The highest BCUT2D eigenvalue weighted by Gasteiger charge is 2.16. The van der Waals surface area contributed by atoms with Gasteiger partial charge in [-0.15, -0.1) is 10.2 Å². The van der Waals surface area contributed by atoms with Crippen LogP contribution in [0.15, 0.2) is 57.8 Å². The summed E-state index contributed by atoms with van der Waals surface area (Å²) in [7, 11) is -3.75. The molecule has 0 amide bonds. The van der Waals surface area contributed by atoms with E-state index in [-0.39, 0.29) is 29.0 Å². The Labute approximate surface area is 142 Å². The summed E-state index contributed by atoms with van der Waals surface area (Å²) < 4.78 is 45.0. The number of hydrogen-bond donors (Lipinski definition) is 1. The summed E-state index contributed by atoms with van der Waals surface area (Å²) in [6, 6.07) is 11.4. The zero-order valence-electron chi connectivity index (χ0n) is 12.1. The van der Waals surface area contributed by atoms with E-state index >= 15 is 0 Å². The first-order chi connectivity index (χ1) is 11.4. The zero-order chi connectivity index (χ0) is 17.2. The third kappa shape index (κ3) is 3.78. The Morgan fingerprint density at radius 1 is 1.12 bits per heavy atom. The van der Waals surface area contributed by atoms with Crippen molar-refractivity contribution in [3.05, 3.63) is 65.3 Å². The van der Waals surface area contributed by atoms with Crippen LogP contribution in [0, 0.1) is 5.82 Å². The topological polar surface area (TPSA) is 85.1 Å². The van der Waals surface area contributed by atoms with Crippen molar-refractivity contribution in [3.8, 4) is 11.5 Å². The summed E-state index contributed by atoms with van der Waals surface area (Å²) in [5, 5.41) is 7.89. The maximum atomic E-state index is 12.9. The normalized spacial score (nSPS) is 11.6. The monoisotopic (exact) mass is 367 g/mol. The largest absolute Gasteiger partial charge is 0.419 e. The molecule has 0 radical (unpaired) electrons. The Morgan fingerprint density at radius 3 is 2.58 bits per heavy atom. The molecule has 1 aromatic heterocycles. The van der Waals surface area contributed by atoms with E-state index in [2.05, 4.69) is 14.9 Å². The smallest absolute Gasteiger partial charge is 0.247 e. The van der Waals surface area contributed by atoms with Crippen LogP contribution >= 0.6 is 11.6 Å². The molecule has 3 aromatic rings. The number of nitrogens with one attached hydrogen (secondary N) is 1. The van der Waals surface area contributed by atoms with Gasteiger partial charge in [-0.25, -0.2) is 17.5 Å². The highest BCUT2D eigenvalue weighted by molar-refractivity contribution is 7.89. The second-order valence-electron chi connectivity index (χ2n) is 4.79. The van der Waals surface area contributed by atoms with Crippen LogP contribution in [0.3, 0.4) is 0 Å². The fraction of sp³-hybridized carbons (Fsp3) is 0.0667. The predicted octanol–water partition coefficient (Wildman–Crippen LogP) is 3.01. The van der Waals surface area contributed by atoms with Crippen LogP contribution in [-0.2, 0) is 16.6 Å². The number of sulfonamides is 1. The van der Waals surface area contributed by atoms with Gasteiger partial charge in [0.2, 0.25) is 21.8 Å². The molecule has 0 saturated heterocycles. The minimum Gasteiger partial charge on any atom is -0.419 e. The minimum absolute atomic E-state index is 0.0354. The molecule has 0 fully saturated rings. The van der Waals surface area contributed by atoms with Gasteiger partial charge in [-0.3, -0.25) is 0 Å². The van der Waals surface area contributed by atoms with E-state index in [1.54, 1.807) is 6.07 Å². The average Bonchev–Trinajstić information content (AvgIpc) is 3.03. The van der Waals surface area contributed by atoms with Gasteiger partial charge in [-0.1, -0.05) is 17.7 Å². The van der Waals surface area contributed by atoms with Crippen LogP contribution in [-0.4, -0.2) is 18.6 Å². The number of aromatic nitrogens is 2. The number of hydrogen-bond acceptors (Lipinski definition) is 5. The summed E-state index contributed by atoms with van der Waals surface area (Å²) in [4.78, 5) is 0.0354. The summed E-state index contributed by atoms with van der Waals surface area (Å²) in [6.45, 7) is -0.178. The summed E-state index contributed by atoms with van der Waals surface area (Å²) in [6.07, 6.45) is 0. The molecule has 24 heavy (non-hydrogen) atoms. The van der Waals surface area contributed by atoms with Gasteiger partial charge in [-0.2, -0.15) is 0 Å². The molecule has 2 aromatic carbocycles. The van der Waals surface area contributed by atoms with Crippen molar-refractivity contribution >= 4 is 21.6 Å². The van der Waals surface area contributed by atoms with Gasteiger partial charge < -0.3 is 4.42 Å². The summed E-state index contributed by atoms with van der Waals surface area (Å²) in [5.41, 5.74) is 0.535. The lowest BCUT2D eigenvalue weighted by atomic mass is 10.2. The van der Waals surface area contributed by atoms with Gasteiger partial charge >= 0.3 is 0 Å². The molecular weight excluding hydrogens is 357 g/mol. The predicted molar refractivity (Wildman–Crippen MR) is 85.2 cm³/mol. The van der Waals surface area contributed by atoms with Crippen LogP contribution in [0.4, 0.5) is 4.39 Å². The molecule has 0 saturated carbocycles. The second-order valence-corrected chi connectivity index (χ2v) is 6.99. The quantitative estimate of drug-likeness (QED) is 0.749. The second kappa shape index (κ2) is 6.68. The Hall–Kier alpha value is -2.29. The van der Waals surface area contributed by atoms with E-state index in [0.717, 1.165) is 0 Å². The third-order valence-electron chi connectivity index (χ3n) is 3.08. The van der Waals surface area contributed by atoms with Crippen molar-refractivity contribution in [2.24, 2.45) is 0 Å². The van der Waals surface area contributed by atoms with Crippen molar-refractivity contribution in [3.63, 3.8) is 0 Å². The van der Waals surface area contributed by atoms with Gasteiger partial charge in [0.1, 0.15) is 5.82 Å². The molecule has 0 aliphatic rings. The maximum Gasteiger partial charge on any atom is 0.247 e. The lowest BCUT2D eigenvalue weighted by Crippen LogP contribution is -2.23. The first-order valence-corrected chi connectivity index (χ1v) is 8.64. The Morgan fingerprint density at radius 2 is 1.88 bits per heavy atom. The highest BCUT2D eigenvalue weighted by Crippen LogP contribution is 2.19. The third-order valence-corrected chi connectivity index (χ3v) is 4.71. The van der Waals surface area contributed by atoms with E-state index in [9.17, 15) is 12.8 Å². The van der Waals surface area contributed by atoms with Crippen molar-refractivity contribution in [1.82, 2.24) is 14.9 Å². The molecule has 3 rings (SSSR count). The number of halogens is 2. The van der Waals surface area contributed by atoms with Crippen LogP contribution in [0.1, 0.15) is 5.89 Å². The van der Waals surface area contributed by atoms with E-state index < -0.39 is 10.0 Å². The van der Waals surface area contributed by atoms with Gasteiger partial charge in [0, 0.05) is 10.6 Å². The summed E-state index contributed by atoms with van der Waals surface area (Å²) in [5.74, 6) is -0.125. The number of rotatable bonds is 5. The average molecular weight is 368 g/mol.